The molecule has 2 rings (SSSR count). The fourth-order valence-corrected chi connectivity index (χ4v) is 3.08. The van der Waals surface area contributed by atoms with Gasteiger partial charge in [-0.3, -0.25) is 0 Å². The standard InChI is InChI=1S/C14H21N3O3S/c1-10(15)9-20-11-7-13-16-5-6-17(13)8-12(11)21(18,19)14(2,3)4/h5-8,10H,9,15H2,1-4H3. The molecular formula is C14H21N3O3S. The fourth-order valence-electron chi connectivity index (χ4n) is 1.79. The lowest BCUT2D eigenvalue weighted by Crippen LogP contribution is -2.29. The number of fused-ring (bicyclic) bond motifs is 1. The zero-order valence-corrected chi connectivity index (χ0v) is 13.5. The predicted octanol–water partition coefficient (Wildman–Crippen LogP) is 1.63. The quantitative estimate of drug-likeness (QED) is 0.927. The van der Waals surface area contributed by atoms with Crippen molar-refractivity contribution in [3.63, 3.8) is 0 Å². The van der Waals surface area contributed by atoms with Gasteiger partial charge in [0.15, 0.2) is 9.84 Å². The van der Waals surface area contributed by atoms with Crippen LogP contribution in [-0.4, -0.2) is 35.2 Å². The summed E-state index contributed by atoms with van der Waals surface area (Å²) in [4.78, 5) is 4.30. The zero-order valence-electron chi connectivity index (χ0n) is 12.7. The molecule has 0 aliphatic carbocycles. The monoisotopic (exact) mass is 311 g/mol. The zero-order chi connectivity index (χ0) is 15.8. The molecule has 0 fully saturated rings. The number of hydrogen-bond acceptors (Lipinski definition) is 5. The molecule has 21 heavy (non-hydrogen) atoms. The molecule has 2 heterocycles. The molecule has 0 radical (unpaired) electrons. The Bertz CT molecular complexity index is 742. The molecule has 2 aromatic rings. The molecule has 0 aliphatic heterocycles. The molecule has 116 valence electrons. The van der Waals surface area contributed by atoms with E-state index in [1.54, 1.807) is 56.8 Å². The summed E-state index contributed by atoms with van der Waals surface area (Å²) in [5.41, 5.74) is 6.31. The van der Waals surface area contributed by atoms with Crippen LogP contribution in [0.4, 0.5) is 0 Å². The number of aromatic nitrogens is 2. The minimum atomic E-state index is -3.54. The number of hydrogen-bond donors (Lipinski definition) is 1. The number of pyridine rings is 1. The van der Waals surface area contributed by atoms with Crippen LogP contribution in [-0.2, 0) is 9.84 Å². The molecule has 6 nitrogen and oxygen atoms in total. The van der Waals surface area contributed by atoms with E-state index in [2.05, 4.69) is 4.98 Å². The van der Waals surface area contributed by atoms with Crippen molar-refractivity contribution in [1.29, 1.82) is 0 Å². The molecule has 0 saturated heterocycles. The van der Waals surface area contributed by atoms with E-state index in [-0.39, 0.29) is 17.5 Å². The van der Waals surface area contributed by atoms with Crippen LogP contribution < -0.4 is 10.5 Å². The predicted molar refractivity (Wildman–Crippen MR) is 81.3 cm³/mol. The van der Waals surface area contributed by atoms with Crippen LogP contribution in [0.1, 0.15) is 27.7 Å². The molecule has 2 N–H and O–H groups in total. The minimum absolute atomic E-state index is 0.154. The van der Waals surface area contributed by atoms with Crippen molar-refractivity contribution in [3.8, 4) is 5.75 Å². The Morgan fingerprint density at radius 1 is 1.43 bits per heavy atom. The number of sulfone groups is 1. The smallest absolute Gasteiger partial charge is 0.188 e. The van der Waals surface area contributed by atoms with Crippen LogP contribution in [0.15, 0.2) is 29.6 Å². The average Bonchev–Trinajstić information content (AvgIpc) is 2.80. The second kappa shape index (κ2) is 5.31. The van der Waals surface area contributed by atoms with Gasteiger partial charge in [-0.15, -0.1) is 0 Å². The lowest BCUT2D eigenvalue weighted by molar-refractivity contribution is 0.288. The molecule has 1 atom stereocenters. The summed E-state index contributed by atoms with van der Waals surface area (Å²) in [7, 11) is -3.54. The Morgan fingerprint density at radius 2 is 2.10 bits per heavy atom. The van der Waals surface area contributed by atoms with Crippen molar-refractivity contribution in [2.45, 2.75) is 43.4 Å². The highest BCUT2D eigenvalue weighted by molar-refractivity contribution is 7.92. The molecule has 2 aromatic heterocycles. The van der Waals surface area contributed by atoms with Crippen molar-refractivity contribution < 1.29 is 13.2 Å². The lowest BCUT2D eigenvalue weighted by Gasteiger charge is -2.22. The van der Waals surface area contributed by atoms with E-state index in [9.17, 15) is 8.42 Å². The number of nitrogens with zero attached hydrogens (tertiary/aromatic N) is 2. The van der Waals surface area contributed by atoms with Crippen LogP contribution in [0.2, 0.25) is 0 Å². The first kappa shape index (κ1) is 15.8. The number of imidazole rings is 1. The average molecular weight is 311 g/mol. The Kier molecular flexibility index (Phi) is 3.99. The van der Waals surface area contributed by atoms with Crippen molar-refractivity contribution in [1.82, 2.24) is 9.38 Å². The molecule has 0 saturated carbocycles. The van der Waals surface area contributed by atoms with E-state index < -0.39 is 14.6 Å². The molecule has 7 heteroatoms. The molecule has 0 amide bonds. The first-order valence-corrected chi connectivity index (χ1v) is 8.21. The van der Waals surface area contributed by atoms with Gasteiger partial charge in [0.1, 0.15) is 22.9 Å². The van der Waals surface area contributed by atoms with Crippen molar-refractivity contribution in [2.24, 2.45) is 5.73 Å². The van der Waals surface area contributed by atoms with Gasteiger partial charge in [-0.2, -0.15) is 0 Å². The van der Waals surface area contributed by atoms with Gasteiger partial charge < -0.3 is 14.9 Å². The molecular weight excluding hydrogens is 290 g/mol. The molecule has 0 spiro atoms. The van der Waals surface area contributed by atoms with Crippen LogP contribution >= 0.6 is 0 Å². The maximum absolute atomic E-state index is 12.7. The first-order chi connectivity index (χ1) is 9.63. The molecule has 0 bridgehead atoms. The molecule has 0 aromatic carbocycles. The maximum Gasteiger partial charge on any atom is 0.188 e. The Balaban J connectivity index is 2.61. The van der Waals surface area contributed by atoms with Crippen LogP contribution in [0.25, 0.3) is 5.65 Å². The Morgan fingerprint density at radius 3 is 2.67 bits per heavy atom. The number of rotatable bonds is 4. The lowest BCUT2D eigenvalue weighted by atomic mass is 10.3. The SMILES string of the molecule is CC(N)COc1cc2nccn2cc1S(=O)(=O)C(C)(C)C. The fraction of sp³-hybridized carbons (Fsp3) is 0.500. The summed E-state index contributed by atoms with van der Waals surface area (Å²) in [5, 5.41) is 0. The third-order valence-electron chi connectivity index (χ3n) is 3.06. The maximum atomic E-state index is 12.7. The highest BCUT2D eigenvalue weighted by Gasteiger charge is 2.34. The van der Waals surface area contributed by atoms with Gasteiger partial charge in [-0.05, 0) is 27.7 Å². The summed E-state index contributed by atoms with van der Waals surface area (Å²) in [5.74, 6) is 0.293. The van der Waals surface area contributed by atoms with Gasteiger partial charge in [0, 0.05) is 30.7 Å². The van der Waals surface area contributed by atoms with Gasteiger partial charge in [-0.1, -0.05) is 0 Å². The summed E-state index contributed by atoms with van der Waals surface area (Å²) in [6, 6.07) is 1.44. The molecule has 1 unspecified atom stereocenters. The van der Waals surface area contributed by atoms with Crippen molar-refractivity contribution in [2.75, 3.05) is 6.61 Å². The highest BCUT2D eigenvalue weighted by atomic mass is 32.2. The summed E-state index contributed by atoms with van der Waals surface area (Å²) in [6.07, 6.45) is 4.85. The van der Waals surface area contributed by atoms with Gasteiger partial charge >= 0.3 is 0 Å². The largest absolute Gasteiger partial charge is 0.490 e. The van der Waals surface area contributed by atoms with Gasteiger partial charge in [0.25, 0.3) is 0 Å². The van der Waals surface area contributed by atoms with Crippen LogP contribution in [0.5, 0.6) is 5.75 Å². The Hall–Kier alpha value is -1.60. The third kappa shape index (κ3) is 3.03. The van der Waals surface area contributed by atoms with Gasteiger partial charge in [-0.25, -0.2) is 13.4 Å². The molecule has 0 aliphatic rings. The summed E-state index contributed by atoms with van der Waals surface area (Å²) in [6.45, 7) is 7.02. The van der Waals surface area contributed by atoms with E-state index in [0.29, 0.717) is 11.4 Å². The van der Waals surface area contributed by atoms with Gasteiger partial charge in [0.2, 0.25) is 0 Å². The second-order valence-corrected chi connectivity index (χ2v) is 8.77. The van der Waals surface area contributed by atoms with E-state index in [1.807, 2.05) is 0 Å². The highest BCUT2D eigenvalue weighted by Crippen LogP contribution is 2.32. The van der Waals surface area contributed by atoms with E-state index >= 15 is 0 Å². The van der Waals surface area contributed by atoms with Crippen molar-refractivity contribution >= 4 is 15.5 Å². The van der Waals surface area contributed by atoms with Crippen LogP contribution in [0, 0.1) is 0 Å². The first-order valence-electron chi connectivity index (χ1n) is 6.72. The van der Waals surface area contributed by atoms with Crippen LogP contribution in [0.3, 0.4) is 0 Å². The van der Waals surface area contributed by atoms with Gasteiger partial charge in [0.05, 0.1) is 4.75 Å². The number of ether oxygens (including phenoxy) is 1. The van der Waals surface area contributed by atoms with Crippen molar-refractivity contribution in [3.05, 3.63) is 24.7 Å². The second-order valence-electron chi connectivity index (χ2n) is 6.10. The Labute approximate surface area is 124 Å². The van der Waals surface area contributed by atoms with E-state index in [0.717, 1.165) is 0 Å². The normalized spacial score (nSPS) is 14.3. The topological polar surface area (TPSA) is 86.7 Å². The summed E-state index contributed by atoms with van der Waals surface area (Å²) >= 11 is 0. The van der Waals surface area contributed by atoms with E-state index in [4.69, 9.17) is 10.5 Å². The summed E-state index contributed by atoms with van der Waals surface area (Å²) < 4.78 is 31.8. The minimum Gasteiger partial charge on any atom is -0.490 e. The number of nitrogens with two attached hydrogens (primary N) is 1. The van der Waals surface area contributed by atoms with E-state index in [1.165, 1.54) is 0 Å². The third-order valence-corrected chi connectivity index (χ3v) is 5.55.